The summed E-state index contributed by atoms with van der Waals surface area (Å²) >= 11 is 3.38. The lowest BCUT2D eigenvalue weighted by Gasteiger charge is -2.34. The van der Waals surface area contributed by atoms with Gasteiger partial charge < -0.3 is 20.1 Å². The molecule has 0 spiro atoms. The number of hydrogen-bond donors (Lipinski definition) is 2. The number of carbonyl (C=O) groups excluding carboxylic acids is 2. The first-order valence-corrected chi connectivity index (χ1v) is 14.6. The number of aromatic nitrogens is 1. The predicted octanol–water partition coefficient (Wildman–Crippen LogP) is 7.16. The molecule has 0 saturated heterocycles. The third kappa shape index (κ3) is 6.22. The van der Waals surface area contributed by atoms with Crippen LogP contribution in [0.3, 0.4) is 0 Å². The van der Waals surface area contributed by atoms with E-state index < -0.39 is 5.92 Å². The fraction of sp³-hybridized carbons (Fsp3) is 0.303. The number of halogens is 1. The molecule has 3 aromatic rings. The number of methoxy groups -OCH3 is 1. The van der Waals surface area contributed by atoms with Crippen molar-refractivity contribution in [3.63, 3.8) is 0 Å². The number of pyridine rings is 1. The number of Topliss-reactive ketones (excluding diaryl/α,β-unsaturated/α-hetero) is 1. The number of benzene rings is 2. The minimum absolute atomic E-state index is 0.0576. The third-order valence-corrected chi connectivity index (χ3v) is 8.04. The van der Waals surface area contributed by atoms with Gasteiger partial charge in [0.1, 0.15) is 23.9 Å². The minimum Gasteiger partial charge on any atom is -0.496 e. The van der Waals surface area contributed by atoms with Gasteiger partial charge in [-0.2, -0.15) is 0 Å². The molecule has 8 heteroatoms. The van der Waals surface area contributed by atoms with Crippen LogP contribution < -0.4 is 20.1 Å². The van der Waals surface area contributed by atoms with Gasteiger partial charge in [-0.05, 0) is 89.1 Å². The lowest BCUT2D eigenvalue weighted by atomic mass is 9.74. The maximum Gasteiger partial charge on any atom is 0.255 e. The van der Waals surface area contributed by atoms with E-state index in [1.165, 1.54) is 5.56 Å². The van der Waals surface area contributed by atoms with Crippen molar-refractivity contribution in [3.05, 3.63) is 104 Å². The van der Waals surface area contributed by atoms with E-state index in [9.17, 15) is 9.59 Å². The van der Waals surface area contributed by atoms with Crippen LogP contribution in [0.25, 0.3) is 0 Å². The molecule has 2 aliphatic rings. The van der Waals surface area contributed by atoms with E-state index in [2.05, 4.69) is 57.5 Å². The van der Waals surface area contributed by atoms with E-state index >= 15 is 0 Å². The van der Waals surface area contributed by atoms with Gasteiger partial charge in [-0.15, -0.1) is 0 Å². The molecular weight excluding hydrogens is 582 g/mol. The normalized spacial score (nSPS) is 16.8. The Bertz CT molecular complexity index is 1530. The average molecular weight is 617 g/mol. The maximum atomic E-state index is 13.8. The third-order valence-electron chi connectivity index (χ3n) is 7.57. The topological polar surface area (TPSA) is 89.5 Å². The van der Waals surface area contributed by atoms with E-state index in [-0.39, 0.29) is 18.3 Å². The zero-order valence-electron chi connectivity index (χ0n) is 23.7. The molecule has 1 atom stereocenters. The number of carbonyl (C=O) groups is 2. The van der Waals surface area contributed by atoms with Gasteiger partial charge in [0, 0.05) is 51.1 Å². The summed E-state index contributed by atoms with van der Waals surface area (Å²) in [5.41, 5.74) is 5.65. The van der Waals surface area contributed by atoms with E-state index in [1.807, 2.05) is 43.3 Å². The van der Waals surface area contributed by atoms with Gasteiger partial charge in [0.2, 0.25) is 0 Å². The smallest absolute Gasteiger partial charge is 0.255 e. The van der Waals surface area contributed by atoms with E-state index in [4.69, 9.17) is 9.47 Å². The second kappa shape index (κ2) is 12.3. The van der Waals surface area contributed by atoms with Gasteiger partial charge in [0.15, 0.2) is 5.78 Å². The Morgan fingerprint density at radius 3 is 2.59 bits per heavy atom. The van der Waals surface area contributed by atoms with Crippen LogP contribution in [0.15, 0.2) is 87.8 Å². The first kappa shape index (κ1) is 28.6. The Morgan fingerprint density at radius 2 is 1.90 bits per heavy atom. The number of nitrogens with zero attached hydrogens (tertiary/aromatic N) is 1. The molecule has 0 radical (unpaired) electrons. The molecule has 0 unspecified atom stereocenters. The Balaban J connectivity index is 1.50. The van der Waals surface area contributed by atoms with E-state index in [0.717, 1.165) is 45.6 Å². The highest BCUT2D eigenvalue weighted by Gasteiger charge is 2.38. The van der Waals surface area contributed by atoms with Gasteiger partial charge in [-0.3, -0.25) is 9.59 Å². The summed E-state index contributed by atoms with van der Waals surface area (Å²) in [4.78, 5) is 31.4. The summed E-state index contributed by atoms with van der Waals surface area (Å²) in [6.45, 7) is 6.47. The van der Waals surface area contributed by atoms with Crippen LogP contribution in [0.1, 0.15) is 68.6 Å². The van der Waals surface area contributed by atoms with Crippen LogP contribution in [0.4, 0.5) is 5.82 Å². The Morgan fingerprint density at radius 1 is 1.12 bits per heavy atom. The standard InChI is InChI=1S/C33H34BrN3O4/c1-19(2)21-8-12-25(13-9-21)41-18-23-16-22(10-14-28(23)40-4)31-30(33(39)37-29-15-11-24(34)17-35-29)20(3)36-26-6-5-7-27(38)32(26)31/h8-17,19,31,36H,5-7,18H2,1-4H3,(H,35,37,39)/t31-/m0/s1. The first-order valence-electron chi connectivity index (χ1n) is 13.8. The summed E-state index contributed by atoms with van der Waals surface area (Å²) in [7, 11) is 1.62. The fourth-order valence-electron chi connectivity index (χ4n) is 5.45. The van der Waals surface area contributed by atoms with Crippen molar-refractivity contribution in [1.29, 1.82) is 0 Å². The molecule has 2 N–H and O–H groups in total. The van der Waals surface area contributed by atoms with Gasteiger partial charge >= 0.3 is 0 Å². The quantitative estimate of drug-likeness (QED) is 0.279. The van der Waals surface area contributed by atoms with E-state index in [0.29, 0.717) is 35.1 Å². The highest BCUT2D eigenvalue weighted by molar-refractivity contribution is 9.10. The zero-order chi connectivity index (χ0) is 29.1. The molecule has 41 heavy (non-hydrogen) atoms. The molecule has 7 nitrogen and oxygen atoms in total. The van der Waals surface area contributed by atoms with Crippen LogP contribution >= 0.6 is 15.9 Å². The number of allylic oxidation sites excluding steroid dienone is 3. The number of nitrogens with one attached hydrogen (secondary N) is 2. The van der Waals surface area contributed by atoms with Crippen LogP contribution in [0, 0.1) is 0 Å². The molecule has 5 rings (SSSR count). The van der Waals surface area contributed by atoms with Crippen molar-refractivity contribution in [1.82, 2.24) is 10.3 Å². The van der Waals surface area contributed by atoms with Crippen LogP contribution in [0.5, 0.6) is 11.5 Å². The molecule has 2 heterocycles. The summed E-state index contributed by atoms with van der Waals surface area (Å²) < 4.78 is 12.6. The molecular formula is C33H34BrN3O4. The Hall–Kier alpha value is -3.91. The number of anilines is 1. The number of hydrogen-bond acceptors (Lipinski definition) is 6. The molecule has 0 bridgehead atoms. The maximum absolute atomic E-state index is 13.8. The summed E-state index contributed by atoms with van der Waals surface area (Å²) in [5, 5.41) is 6.29. The number of rotatable bonds is 8. The SMILES string of the molecule is COc1ccc([C@H]2C(C(=O)Nc3ccc(Br)cn3)=C(C)NC3=C2C(=O)CCC3)cc1COc1ccc(C(C)C)cc1. The molecule has 2 aromatic carbocycles. The molecule has 0 saturated carbocycles. The van der Waals surface area contributed by atoms with Crippen LogP contribution in [-0.4, -0.2) is 23.8 Å². The summed E-state index contributed by atoms with van der Waals surface area (Å²) in [5.74, 6) is 1.52. The van der Waals surface area contributed by atoms with E-state index in [1.54, 1.807) is 19.4 Å². The summed E-state index contributed by atoms with van der Waals surface area (Å²) in [6.07, 6.45) is 3.63. The van der Waals surface area contributed by atoms with Crippen molar-refractivity contribution < 1.29 is 19.1 Å². The van der Waals surface area contributed by atoms with Gasteiger partial charge in [-0.25, -0.2) is 4.98 Å². The van der Waals surface area contributed by atoms with Crippen molar-refractivity contribution in [2.24, 2.45) is 0 Å². The van der Waals surface area contributed by atoms with Crippen molar-refractivity contribution >= 4 is 33.4 Å². The van der Waals surface area contributed by atoms with Crippen molar-refractivity contribution in [2.75, 3.05) is 12.4 Å². The van der Waals surface area contributed by atoms with Gasteiger partial charge in [0.05, 0.1) is 7.11 Å². The number of ether oxygens (including phenoxy) is 2. The highest BCUT2D eigenvalue weighted by atomic mass is 79.9. The zero-order valence-corrected chi connectivity index (χ0v) is 25.3. The molecule has 1 aromatic heterocycles. The van der Waals surface area contributed by atoms with Crippen molar-refractivity contribution in [2.45, 2.75) is 58.5 Å². The summed E-state index contributed by atoms with van der Waals surface area (Å²) in [6, 6.07) is 17.4. The number of ketones is 1. The van der Waals surface area contributed by atoms with Crippen LogP contribution in [-0.2, 0) is 16.2 Å². The second-order valence-corrected chi connectivity index (χ2v) is 11.6. The van der Waals surface area contributed by atoms with Crippen LogP contribution in [0.2, 0.25) is 0 Å². The Kier molecular flexibility index (Phi) is 8.59. The lowest BCUT2D eigenvalue weighted by molar-refractivity contribution is -0.116. The van der Waals surface area contributed by atoms with Gasteiger partial charge in [0.25, 0.3) is 5.91 Å². The Labute approximate surface area is 249 Å². The molecule has 0 fully saturated rings. The largest absolute Gasteiger partial charge is 0.496 e. The molecule has 212 valence electrons. The van der Waals surface area contributed by atoms with Crippen molar-refractivity contribution in [3.8, 4) is 11.5 Å². The molecule has 1 amide bonds. The fourth-order valence-corrected chi connectivity index (χ4v) is 5.69. The average Bonchev–Trinajstić information content (AvgIpc) is 2.96. The minimum atomic E-state index is -0.538. The monoisotopic (exact) mass is 615 g/mol. The molecule has 1 aliphatic carbocycles. The lowest BCUT2D eigenvalue weighted by Crippen LogP contribution is -2.35. The second-order valence-electron chi connectivity index (χ2n) is 10.7. The number of amides is 1. The highest BCUT2D eigenvalue weighted by Crippen LogP contribution is 2.43. The van der Waals surface area contributed by atoms with Gasteiger partial charge in [-0.1, -0.05) is 32.0 Å². The predicted molar refractivity (Wildman–Crippen MR) is 163 cm³/mol. The molecule has 1 aliphatic heterocycles. The first-order chi connectivity index (χ1) is 19.7. The number of dihydropyridines is 1.